The Hall–Kier alpha value is -2.41. The van der Waals surface area contributed by atoms with E-state index in [1.807, 2.05) is 12.1 Å². The molecule has 3 aromatic rings. The van der Waals surface area contributed by atoms with Crippen molar-refractivity contribution >= 4 is 34.5 Å². The molecule has 0 saturated heterocycles. The lowest BCUT2D eigenvalue weighted by Crippen LogP contribution is -2.17. The Bertz CT molecular complexity index is 952. The summed E-state index contributed by atoms with van der Waals surface area (Å²) in [5, 5.41) is 3.43. The van der Waals surface area contributed by atoms with Crippen LogP contribution < -0.4 is 5.32 Å². The molecule has 2 heterocycles. The number of carbonyl (C=O) groups excluding carboxylic acids is 1. The van der Waals surface area contributed by atoms with Gasteiger partial charge in [0, 0.05) is 12.2 Å². The van der Waals surface area contributed by atoms with Gasteiger partial charge in [-0.1, -0.05) is 43.2 Å². The van der Waals surface area contributed by atoms with Crippen LogP contribution in [0, 0.1) is 5.82 Å². The first kappa shape index (κ1) is 18.0. The Morgan fingerprint density at radius 1 is 1.19 bits per heavy atom. The summed E-state index contributed by atoms with van der Waals surface area (Å²) in [6.07, 6.45) is 7.67. The first-order valence-electron chi connectivity index (χ1n) is 9.22. The summed E-state index contributed by atoms with van der Waals surface area (Å²) in [7, 11) is 0. The summed E-state index contributed by atoms with van der Waals surface area (Å²) in [6, 6.07) is 10.4. The van der Waals surface area contributed by atoms with Crippen molar-refractivity contribution in [2.75, 3.05) is 11.1 Å². The Kier molecular flexibility index (Phi) is 5.38. The molecular formula is C20H21FN4OS. The van der Waals surface area contributed by atoms with Crippen molar-refractivity contribution in [3.05, 3.63) is 48.4 Å². The zero-order valence-electron chi connectivity index (χ0n) is 14.9. The number of carbonyl (C=O) groups is 1. The molecule has 1 amide bonds. The van der Waals surface area contributed by atoms with Gasteiger partial charge in [0.1, 0.15) is 11.3 Å². The van der Waals surface area contributed by atoms with E-state index in [9.17, 15) is 9.18 Å². The minimum absolute atomic E-state index is 0.171. The minimum atomic E-state index is -0.436. The van der Waals surface area contributed by atoms with Crippen LogP contribution in [-0.4, -0.2) is 26.2 Å². The molecule has 140 valence electrons. The average molecular weight is 384 g/mol. The molecule has 0 atom stereocenters. The highest BCUT2D eigenvalue weighted by atomic mass is 32.2. The second-order valence-electron chi connectivity index (χ2n) is 6.72. The molecule has 1 saturated carbocycles. The monoisotopic (exact) mass is 384 g/mol. The molecule has 7 heteroatoms. The molecule has 0 spiro atoms. The van der Waals surface area contributed by atoms with Gasteiger partial charge in [-0.25, -0.2) is 14.4 Å². The van der Waals surface area contributed by atoms with E-state index in [-0.39, 0.29) is 17.3 Å². The number of benzene rings is 1. The highest BCUT2D eigenvalue weighted by molar-refractivity contribution is 7.99. The Balaban J connectivity index is 1.53. The predicted octanol–water partition coefficient (Wildman–Crippen LogP) is 4.81. The number of thioether (sulfide) groups is 1. The number of anilines is 1. The highest BCUT2D eigenvalue weighted by Crippen LogP contribution is 2.34. The first-order valence-corrected chi connectivity index (χ1v) is 10.2. The molecule has 1 aliphatic carbocycles. The van der Waals surface area contributed by atoms with Gasteiger partial charge in [0.05, 0.1) is 11.4 Å². The molecule has 2 aromatic heterocycles. The van der Waals surface area contributed by atoms with Crippen molar-refractivity contribution in [1.29, 1.82) is 0 Å². The van der Waals surface area contributed by atoms with Gasteiger partial charge in [-0.05, 0) is 37.1 Å². The average Bonchev–Trinajstić information content (AvgIpc) is 3.07. The zero-order valence-corrected chi connectivity index (χ0v) is 15.7. The number of hydrogen-bond donors (Lipinski definition) is 1. The van der Waals surface area contributed by atoms with E-state index in [4.69, 9.17) is 4.98 Å². The van der Waals surface area contributed by atoms with Crippen LogP contribution in [0.4, 0.5) is 10.1 Å². The van der Waals surface area contributed by atoms with Gasteiger partial charge in [0.25, 0.3) is 0 Å². The summed E-state index contributed by atoms with van der Waals surface area (Å²) in [5.41, 5.74) is 1.92. The number of fused-ring (bicyclic) bond motifs is 1. The van der Waals surface area contributed by atoms with Crippen LogP contribution in [0.3, 0.4) is 0 Å². The first-order chi connectivity index (χ1) is 13.2. The number of nitrogens with zero attached hydrogens (tertiary/aromatic N) is 3. The van der Waals surface area contributed by atoms with Crippen LogP contribution >= 0.6 is 11.8 Å². The molecule has 5 nitrogen and oxygen atoms in total. The summed E-state index contributed by atoms with van der Waals surface area (Å²) in [6.45, 7) is 0. The van der Waals surface area contributed by atoms with Crippen molar-refractivity contribution in [2.24, 2.45) is 0 Å². The lowest BCUT2D eigenvalue weighted by atomic mass is 9.95. The summed E-state index contributed by atoms with van der Waals surface area (Å²) < 4.78 is 15.9. The van der Waals surface area contributed by atoms with E-state index in [2.05, 4.69) is 14.9 Å². The van der Waals surface area contributed by atoms with Gasteiger partial charge in [-0.3, -0.25) is 4.79 Å². The number of amides is 1. The van der Waals surface area contributed by atoms with Crippen LogP contribution in [0.25, 0.3) is 11.2 Å². The standard InChI is InChI=1S/C20H21FN4OS/c21-15-9-4-5-10-16(15)23-18(26)13-27-20-24-17-11-6-12-22-19(17)25(20)14-7-2-1-3-8-14/h4-6,9-12,14H,1-3,7-8,13H2,(H,23,26). The van der Waals surface area contributed by atoms with Gasteiger partial charge in [-0.2, -0.15) is 0 Å². The van der Waals surface area contributed by atoms with Crippen molar-refractivity contribution in [3.8, 4) is 0 Å². The quantitative estimate of drug-likeness (QED) is 0.642. The molecule has 0 bridgehead atoms. The van der Waals surface area contributed by atoms with Gasteiger partial charge >= 0.3 is 0 Å². The van der Waals surface area contributed by atoms with E-state index in [1.54, 1.807) is 24.4 Å². The number of imidazole rings is 1. The van der Waals surface area contributed by atoms with Crippen LogP contribution in [0.5, 0.6) is 0 Å². The smallest absolute Gasteiger partial charge is 0.234 e. The molecule has 27 heavy (non-hydrogen) atoms. The Labute approximate surface area is 161 Å². The van der Waals surface area contributed by atoms with E-state index >= 15 is 0 Å². The summed E-state index contributed by atoms with van der Waals surface area (Å²) in [5.74, 6) is -0.514. The highest BCUT2D eigenvalue weighted by Gasteiger charge is 2.23. The maximum atomic E-state index is 13.7. The molecular weight excluding hydrogens is 363 g/mol. The fourth-order valence-electron chi connectivity index (χ4n) is 3.56. The van der Waals surface area contributed by atoms with Gasteiger partial charge in [0.15, 0.2) is 10.8 Å². The van der Waals surface area contributed by atoms with Gasteiger partial charge in [-0.15, -0.1) is 0 Å². The van der Waals surface area contributed by atoms with Crippen molar-refractivity contribution in [3.63, 3.8) is 0 Å². The number of para-hydroxylation sites is 1. The molecule has 0 radical (unpaired) electrons. The molecule has 1 aliphatic rings. The Morgan fingerprint density at radius 3 is 2.81 bits per heavy atom. The SMILES string of the molecule is O=C(CSc1nc2cccnc2n1C1CCCCC1)Nc1ccccc1F. The van der Waals surface area contributed by atoms with Gasteiger partial charge in [0.2, 0.25) is 5.91 Å². The second-order valence-corrected chi connectivity index (χ2v) is 7.66. The maximum Gasteiger partial charge on any atom is 0.234 e. The summed E-state index contributed by atoms with van der Waals surface area (Å²) in [4.78, 5) is 21.5. The molecule has 0 unspecified atom stereocenters. The second kappa shape index (κ2) is 8.08. The number of hydrogen-bond acceptors (Lipinski definition) is 4. The largest absolute Gasteiger partial charge is 0.323 e. The van der Waals surface area contributed by atoms with Crippen LogP contribution in [0.2, 0.25) is 0 Å². The number of rotatable bonds is 5. The molecule has 1 fully saturated rings. The van der Waals surface area contributed by atoms with E-state index in [0.717, 1.165) is 29.2 Å². The third kappa shape index (κ3) is 3.98. The fraction of sp³-hybridized carbons (Fsp3) is 0.350. The molecule has 0 aliphatic heterocycles. The van der Waals surface area contributed by atoms with Crippen LogP contribution in [0.1, 0.15) is 38.1 Å². The summed E-state index contributed by atoms with van der Waals surface area (Å²) >= 11 is 1.38. The normalized spacial score (nSPS) is 15.1. The van der Waals surface area contributed by atoms with E-state index < -0.39 is 5.82 Å². The molecule has 1 N–H and O–H groups in total. The molecule has 1 aromatic carbocycles. The topological polar surface area (TPSA) is 59.8 Å². The lowest BCUT2D eigenvalue weighted by molar-refractivity contribution is -0.113. The Morgan fingerprint density at radius 2 is 2.00 bits per heavy atom. The third-order valence-corrected chi connectivity index (χ3v) is 5.79. The zero-order chi connectivity index (χ0) is 18.6. The maximum absolute atomic E-state index is 13.7. The number of pyridine rings is 1. The fourth-order valence-corrected chi connectivity index (χ4v) is 4.43. The van der Waals surface area contributed by atoms with Gasteiger partial charge < -0.3 is 9.88 Å². The van der Waals surface area contributed by atoms with Crippen molar-refractivity contribution < 1.29 is 9.18 Å². The minimum Gasteiger partial charge on any atom is -0.323 e. The molecule has 4 rings (SSSR count). The number of nitrogens with one attached hydrogen (secondary N) is 1. The van der Waals surface area contributed by atoms with Crippen LogP contribution in [-0.2, 0) is 4.79 Å². The lowest BCUT2D eigenvalue weighted by Gasteiger charge is -2.24. The van der Waals surface area contributed by atoms with Crippen molar-refractivity contribution in [1.82, 2.24) is 14.5 Å². The number of aromatic nitrogens is 3. The van der Waals surface area contributed by atoms with E-state index in [1.165, 1.54) is 37.1 Å². The van der Waals surface area contributed by atoms with Crippen molar-refractivity contribution in [2.45, 2.75) is 43.3 Å². The third-order valence-electron chi connectivity index (χ3n) is 4.84. The number of halogens is 1. The predicted molar refractivity (Wildman–Crippen MR) is 105 cm³/mol. The van der Waals surface area contributed by atoms with E-state index in [0.29, 0.717) is 6.04 Å². The van der Waals surface area contributed by atoms with Crippen LogP contribution in [0.15, 0.2) is 47.8 Å².